The van der Waals surface area contributed by atoms with Gasteiger partial charge in [0.05, 0.1) is 5.52 Å². The number of hydrogen-bond acceptors (Lipinski definition) is 3. The van der Waals surface area contributed by atoms with Gasteiger partial charge in [0, 0.05) is 17.1 Å². The Balaban J connectivity index is 2.36. The summed E-state index contributed by atoms with van der Waals surface area (Å²) >= 11 is 0. The molecule has 1 heterocycles. The first-order chi connectivity index (χ1) is 6.90. The van der Waals surface area contributed by atoms with Crippen molar-refractivity contribution in [1.29, 1.82) is 0 Å². The molecule has 0 radical (unpaired) electrons. The molecule has 0 unspecified atom stereocenters. The molecule has 0 saturated carbocycles. The van der Waals surface area contributed by atoms with Crippen molar-refractivity contribution >= 4 is 17.4 Å². The van der Waals surface area contributed by atoms with Crippen LogP contribution in [0.15, 0.2) is 36.5 Å². The summed E-state index contributed by atoms with van der Waals surface area (Å²) in [5.74, 6) is 0. The third-order valence-corrected chi connectivity index (χ3v) is 1.97. The Hall–Kier alpha value is -1.90. The molecule has 0 bridgehead atoms. The van der Waals surface area contributed by atoms with Gasteiger partial charge < -0.3 is 4.74 Å². The van der Waals surface area contributed by atoms with Crippen LogP contribution in [0.2, 0.25) is 0 Å². The van der Waals surface area contributed by atoms with Crippen molar-refractivity contribution in [2.45, 2.75) is 6.61 Å². The molecule has 0 aliphatic rings. The van der Waals surface area contributed by atoms with E-state index in [4.69, 9.17) is 0 Å². The summed E-state index contributed by atoms with van der Waals surface area (Å²) in [7, 11) is 0. The van der Waals surface area contributed by atoms with Crippen LogP contribution in [0, 0.1) is 0 Å². The molecule has 1 aromatic carbocycles. The van der Waals surface area contributed by atoms with Gasteiger partial charge >= 0.3 is 0 Å². The lowest BCUT2D eigenvalue weighted by molar-refractivity contribution is -0.129. The molecule has 0 saturated heterocycles. The molecule has 0 amide bonds. The van der Waals surface area contributed by atoms with Crippen molar-refractivity contribution in [3.8, 4) is 0 Å². The molecular weight excluding hydrogens is 178 g/mol. The molecule has 0 N–H and O–H groups in total. The van der Waals surface area contributed by atoms with E-state index >= 15 is 0 Å². The van der Waals surface area contributed by atoms with Gasteiger partial charge in [-0.15, -0.1) is 0 Å². The number of aromatic nitrogens is 1. The quantitative estimate of drug-likeness (QED) is 0.689. The van der Waals surface area contributed by atoms with Gasteiger partial charge in [0.25, 0.3) is 6.47 Å². The monoisotopic (exact) mass is 187 g/mol. The van der Waals surface area contributed by atoms with E-state index in [9.17, 15) is 4.79 Å². The largest absolute Gasteiger partial charge is 0.463 e. The number of nitrogens with zero attached hydrogens (tertiary/aromatic N) is 1. The highest BCUT2D eigenvalue weighted by Gasteiger charge is 1.96. The molecule has 70 valence electrons. The third-order valence-electron chi connectivity index (χ3n) is 1.97. The van der Waals surface area contributed by atoms with E-state index in [2.05, 4.69) is 9.72 Å². The van der Waals surface area contributed by atoms with Gasteiger partial charge in [-0.2, -0.15) is 0 Å². The van der Waals surface area contributed by atoms with Gasteiger partial charge in [0.1, 0.15) is 6.61 Å². The first-order valence-corrected chi connectivity index (χ1v) is 4.29. The number of rotatable bonds is 3. The zero-order valence-corrected chi connectivity index (χ0v) is 7.51. The number of pyridine rings is 1. The lowest BCUT2D eigenvalue weighted by atomic mass is 10.2. The minimum atomic E-state index is 0.279. The minimum Gasteiger partial charge on any atom is -0.463 e. The fraction of sp³-hybridized carbons (Fsp3) is 0.0909. The van der Waals surface area contributed by atoms with Crippen LogP contribution in [-0.2, 0) is 16.1 Å². The molecule has 0 fully saturated rings. The molecule has 3 heteroatoms. The summed E-state index contributed by atoms with van der Waals surface area (Å²) in [4.78, 5) is 14.2. The molecule has 0 atom stereocenters. The minimum absolute atomic E-state index is 0.279. The first kappa shape index (κ1) is 8.69. The Morgan fingerprint density at radius 2 is 2.21 bits per heavy atom. The molecule has 1 aromatic heterocycles. The van der Waals surface area contributed by atoms with Crippen molar-refractivity contribution in [2.24, 2.45) is 0 Å². The van der Waals surface area contributed by atoms with Crippen LogP contribution >= 0.6 is 0 Å². The zero-order valence-electron chi connectivity index (χ0n) is 7.51. The van der Waals surface area contributed by atoms with Crippen LogP contribution in [0.5, 0.6) is 0 Å². The standard InChI is InChI=1S/C11H9NO2/c13-8-14-7-9-5-10-3-1-2-4-11(10)12-6-9/h1-6,8H,7H2. The number of para-hydroxylation sites is 1. The van der Waals surface area contributed by atoms with Crippen molar-refractivity contribution in [3.05, 3.63) is 42.1 Å². The Morgan fingerprint density at radius 1 is 1.36 bits per heavy atom. The molecule has 3 nitrogen and oxygen atoms in total. The highest BCUT2D eigenvalue weighted by Crippen LogP contribution is 2.12. The molecule has 2 rings (SSSR count). The molecule has 0 aliphatic carbocycles. The fourth-order valence-electron chi connectivity index (χ4n) is 1.33. The predicted molar refractivity (Wildman–Crippen MR) is 52.6 cm³/mol. The summed E-state index contributed by atoms with van der Waals surface area (Å²) in [6.07, 6.45) is 1.71. The zero-order chi connectivity index (χ0) is 9.80. The Labute approximate surface area is 81.3 Å². The topological polar surface area (TPSA) is 39.2 Å². The molecule has 0 aliphatic heterocycles. The Morgan fingerprint density at radius 3 is 3.07 bits per heavy atom. The summed E-state index contributed by atoms with van der Waals surface area (Å²) in [6, 6.07) is 9.78. The first-order valence-electron chi connectivity index (χ1n) is 4.29. The molecule has 2 aromatic rings. The van der Waals surface area contributed by atoms with Crippen LogP contribution in [0.4, 0.5) is 0 Å². The summed E-state index contributed by atoms with van der Waals surface area (Å²) in [5, 5.41) is 1.06. The van der Waals surface area contributed by atoms with Crippen molar-refractivity contribution in [1.82, 2.24) is 4.98 Å². The van der Waals surface area contributed by atoms with Crippen LogP contribution in [0.25, 0.3) is 10.9 Å². The number of benzene rings is 1. The Kier molecular flexibility index (Phi) is 2.40. The van der Waals surface area contributed by atoms with E-state index < -0.39 is 0 Å². The van der Waals surface area contributed by atoms with Crippen molar-refractivity contribution < 1.29 is 9.53 Å². The fourth-order valence-corrected chi connectivity index (χ4v) is 1.33. The second-order valence-corrected chi connectivity index (χ2v) is 2.94. The Bertz CT molecular complexity index is 454. The van der Waals surface area contributed by atoms with Gasteiger partial charge in [-0.25, -0.2) is 0 Å². The van der Waals surface area contributed by atoms with Gasteiger partial charge in [-0.3, -0.25) is 9.78 Å². The predicted octanol–water partition coefficient (Wildman–Crippen LogP) is 1.91. The van der Waals surface area contributed by atoms with E-state index in [1.54, 1.807) is 6.20 Å². The highest BCUT2D eigenvalue weighted by atomic mass is 16.5. The van der Waals surface area contributed by atoms with Crippen molar-refractivity contribution in [3.63, 3.8) is 0 Å². The highest BCUT2D eigenvalue weighted by molar-refractivity contribution is 5.78. The van der Waals surface area contributed by atoms with Gasteiger partial charge in [-0.1, -0.05) is 18.2 Å². The van der Waals surface area contributed by atoms with Crippen LogP contribution in [0.1, 0.15) is 5.56 Å². The lowest BCUT2D eigenvalue weighted by Gasteiger charge is -2.01. The average molecular weight is 187 g/mol. The average Bonchev–Trinajstić information content (AvgIpc) is 2.26. The van der Waals surface area contributed by atoms with E-state index in [1.807, 2.05) is 30.3 Å². The summed E-state index contributed by atoms with van der Waals surface area (Å²) in [5.41, 5.74) is 1.85. The van der Waals surface area contributed by atoms with Crippen LogP contribution in [0.3, 0.4) is 0 Å². The third kappa shape index (κ3) is 1.71. The van der Waals surface area contributed by atoms with Crippen molar-refractivity contribution in [2.75, 3.05) is 0 Å². The van der Waals surface area contributed by atoms with E-state index in [-0.39, 0.29) is 6.61 Å². The summed E-state index contributed by atoms with van der Waals surface area (Å²) < 4.78 is 4.65. The summed E-state index contributed by atoms with van der Waals surface area (Å²) in [6.45, 7) is 0.719. The van der Waals surface area contributed by atoms with E-state index in [0.717, 1.165) is 16.5 Å². The maximum atomic E-state index is 10.00. The van der Waals surface area contributed by atoms with Crippen LogP contribution < -0.4 is 0 Å². The SMILES string of the molecule is O=COCc1cnc2ccccc2c1. The van der Waals surface area contributed by atoms with Crippen LogP contribution in [-0.4, -0.2) is 11.5 Å². The second-order valence-electron chi connectivity index (χ2n) is 2.94. The normalized spacial score (nSPS) is 10.0. The van der Waals surface area contributed by atoms with Gasteiger partial charge in [0.2, 0.25) is 0 Å². The second kappa shape index (κ2) is 3.87. The maximum Gasteiger partial charge on any atom is 0.293 e. The van der Waals surface area contributed by atoms with Gasteiger partial charge in [-0.05, 0) is 12.1 Å². The number of hydrogen-bond donors (Lipinski definition) is 0. The number of carbonyl (C=O) groups excluding carboxylic acids is 1. The van der Waals surface area contributed by atoms with Gasteiger partial charge in [0.15, 0.2) is 0 Å². The van der Waals surface area contributed by atoms with E-state index in [0.29, 0.717) is 6.47 Å². The molecule has 0 spiro atoms. The number of fused-ring (bicyclic) bond motifs is 1. The molecule has 14 heavy (non-hydrogen) atoms. The lowest BCUT2D eigenvalue weighted by Crippen LogP contribution is -1.91. The smallest absolute Gasteiger partial charge is 0.293 e. The number of carbonyl (C=O) groups is 1. The maximum absolute atomic E-state index is 10.00. The number of ether oxygens (including phenoxy) is 1. The molecular formula is C11H9NO2. The van der Waals surface area contributed by atoms with E-state index in [1.165, 1.54) is 0 Å².